The lowest BCUT2D eigenvalue weighted by molar-refractivity contribution is -0.136. The van der Waals surface area contributed by atoms with Crippen LogP contribution in [0.5, 0.6) is 0 Å². The lowest BCUT2D eigenvalue weighted by atomic mass is 10.0. The molecule has 7 nitrogen and oxygen atoms in total. The second-order valence-corrected chi connectivity index (χ2v) is 5.74. The zero-order valence-electron chi connectivity index (χ0n) is 12.1. The van der Waals surface area contributed by atoms with Crippen LogP contribution >= 0.6 is 23.2 Å². The van der Waals surface area contributed by atoms with Crippen molar-refractivity contribution < 1.29 is 19.1 Å². The number of hydrogen-bond donors (Lipinski definition) is 1. The lowest BCUT2D eigenvalue weighted by Gasteiger charge is -2.25. The number of primary amides is 1. The number of amides is 1. The smallest absolute Gasteiger partial charge is 0.375 e. The Morgan fingerprint density at radius 2 is 2.00 bits per heavy atom. The largest absolute Gasteiger partial charge is 0.443 e. The van der Waals surface area contributed by atoms with E-state index in [2.05, 4.69) is 4.98 Å². The van der Waals surface area contributed by atoms with Gasteiger partial charge in [-0.2, -0.15) is 0 Å². The van der Waals surface area contributed by atoms with E-state index < -0.39 is 17.5 Å². The summed E-state index contributed by atoms with van der Waals surface area (Å²) in [4.78, 5) is 27.9. The third kappa shape index (κ3) is 3.21. The van der Waals surface area contributed by atoms with Gasteiger partial charge < -0.3 is 15.2 Å². The molecule has 1 amide bonds. The first-order chi connectivity index (χ1) is 10.4. The first-order valence-corrected chi connectivity index (χ1v) is 7.69. The van der Waals surface area contributed by atoms with E-state index in [0.717, 1.165) is 12.8 Å². The SMILES string of the molecule is CCOCn1c(C(=O)OC2(C(N)=O)CCCC2)nc(Cl)c1Cl. The molecule has 0 saturated heterocycles. The highest BCUT2D eigenvalue weighted by atomic mass is 35.5. The Kier molecular flexibility index (Phi) is 5.31. The molecule has 1 aliphatic rings. The number of carbonyl (C=O) groups is 2. The second-order valence-electron chi connectivity index (χ2n) is 5.02. The van der Waals surface area contributed by atoms with E-state index in [9.17, 15) is 9.59 Å². The summed E-state index contributed by atoms with van der Waals surface area (Å²) in [5, 5.41) is 0.0366. The van der Waals surface area contributed by atoms with Gasteiger partial charge in [0, 0.05) is 6.61 Å². The van der Waals surface area contributed by atoms with Crippen LogP contribution in [0, 0.1) is 0 Å². The maximum absolute atomic E-state index is 12.4. The highest BCUT2D eigenvalue weighted by molar-refractivity contribution is 6.40. The number of hydrogen-bond acceptors (Lipinski definition) is 5. The molecule has 9 heteroatoms. The molecule has 0 bridgehead atoms. The topological polar surface area (TPSA) is 96.4 Å². The van der Waals surface area contributed by atoms with Crippen molar-refractivity contribution in [2.75, 3.05) is 6.61 Å². The van der Waals surface area contributed by atoms with Crippen LogP contribution < -0.4 is 5.73 Å². The Morgan fingerprint density at radius 3 is 2.55 bits per heavy atom. The highest BCUT2D eigenvalue weighted by Gasteiger charge is 2.44. The Bertz CT molecular complexity index is 582. The normalized spacial score (nSPS) is 16.7. The minimum atomic E-state index is -1.28. The summed E-state index contributed by atoms with van der Waals surface area (Å²) in [6.45, 7) is 2.22. The van der Waals surface area contributed by atoms with Gasteiger partial charge >= 0.3 is 5.97 Å². The van der Waals surface area contributed by atoms with Crippen molar-refractivity contribution in [3.05, 3.63) is 16.1 Å². The Balaban J connectivity index is 2.25. The number of halogens is 2. The van der Waals surface area contributed by atoms with Crippen LogP contribution in [-0.2, 0) is 21.0 Å². The molecule has 2 rings (SSSR count). The average Bonchev–Trinajstić information content (AvgIpc) is 3.05. The Hall–Kier alpha value is -1.31. The van der Waals surface area contributed by atoms with Gasteiger partial charge in [0.1, 0.15) is 11.9 Å². The molecule has 1 aromatic rings. The van der Waals surface area contributed by atoms with Crippen LogP contribution in [0.15, 0.2) is 0 Å². The van der Waals surface area contributed by atoms with Gasteiger partial charge in [0.2, 0.25) is 5.82 Å². The van der Waals surface area contributed by atoms with Gasteiger partial charge in [-0.1, -0.05) is 23.2 Å². The molecular formula is C13H17Cl2N3O4. The number of imidazole rings is 1. The van der Waals surface area contributed by atoms with Gasteiger partial charge in [-0.25, -0.2) is 9.78 Å². The third-order valence-electron chi connectivity index (χ3n) is 3.62. The molecule has 1 aliphatic carbocycles. The maximum Gasteiger partial charge on any atom is 0.375 e. The summed E-state index contributed by atoms with van der Waals surface area (Å²) in [7, 11) is 0. The van der Waals surface area contributed by atoms with Crippen molar-refractivity contribution in [1.82, 2.24) is 9.55 Å². The van der Waals surface area contributed by atoms with Crippen molar-refractivity contribution >= 4 is 35.1 Å². The van der Waals surface area contributed by atoms with Crippen LogP contribution in [0.1, 0.15) is 43.2 Å². The molecule has 2 N–H and O–H groups in total. The molecular weight excluding hydrogens is 333 g/mol. The summed E-state index contributed by atoms with van der Waals surface area (Å²) < 4.78 is 11.9. The van der Waals surface area contributed by atoms with Gasteiger partial charge in [-0.3, -0.25) is 9.36 Å². The van der Waals surface area contributed by atoms with Crippen LogP contribution in [0.4, 0.5) is 0 Å². The van der Waals surface area contributed by atoms with E-state index in [1.807, 2.05) is 0 Å². The van der Waals surface area contributed by atoms with Crippen molar-refractivity contribution in [3.63, 3.8) is 0 Å². The second kappa shape index (κ2) is 6.85. The highest BCUT2D eigenvalue weighted by Crippen LogP contribution is 2.34. The van der Waals surface area contributed by atoms with Crippen LogP contribution in [-0.4, -0.2) is 33.6 Å². The standard InChI is InChI=1S/C13H17Cl2N3O4/c1-2-21-7-18-9(15)8(14)17-10(18)11(19)22-13(12(16)20)5-3-4-6-13/h2-7H2,1H3,(H2,16,20). The van der Waals surface area contributed by atoms with E-state index in [1.54, 1.807) is 6.92 Å². The zero-order chi connectivity index (χ0) is 16.3. The lowest BCUT2D eigenvalue weighted by Crippen LogP contribution is -2.45. The molecule has 0 aromatic carbocycles. The van der Waals surface area contributed by atoms with Crippen molar-refractivity contribution in [2.24, 2.45) is 5.73 Å². The van der Waals surface area contributed by atoms with Crippen LogP contribution in [0.3, 0.4) is 0 Å². The molecule has 1 heterocycles. The number of rotatable bonds is 6. The monoisotopic (exact) mass is 349 g/mol. The van der Waals surface area contributed by atoms with Gasteiger partial charge in [-0.05, 0) is 32.6 Å². The predicted octanol–water partition coefficient (Wildman–Crippen LogP) is 2.14. The van der Waals surface area contributed by atoms with Crippen molar-refractivity contribution in [2.45, 2.75) is 44.9 Å². The summed E-state index contributed by atoms with van der Waals surface area (Å²) in [6, 6.07) is 0. The minimum Gasteiger partial charge on any atom is -0.443 e. The van der Waals surface area contributed by atoms with Crippen LogP contribution in [0.25, 0.3) is 0 Å². The number of nitrogens with zero attached hydrogens (tertiary/aromatic N) is 2. The quantitative estimate of drug-likeness (QED) is 0.793. The van der Waals surface area contributed by atoms with Gasteiger partial charge in [0.05, 0.1) is 0 Å². The fraction of sp³-hybridized carbons (Fsp3) is 0.615. The molecule has 1 saturated carbocycles. The number of esters is 1. The predicted molar refractivity (Wildman–Crippen MR) is 79.7 cm³/mol. The Labute approximate surface area is 137 Å². The van der Waals surface area contributed by atoms with E-state index in [1.165, 1.54) is 4.57 Å². The maximum atomic E-state index is 12.4. The van der Waals surface area contributed by atoms with Crippen molar-refractivity contribution in [3.8, 4) is 0 Å². The van der Waals surface area contributed by atoms with Gasteiger partial charge in [-0.15, -0.1) is 0 Å². The van der Waals surface area contributed by atoms with Gasteiger partial charge in [0.15, 0.2) is 10.8 Å². The Morgan fingerprint density at radius 1 is 1.36 bits per heavy atom. The average molecular weight is 350 g/mol. The zero-order valence-corrected chi connectivity index (χ0v) is 13.6. The minimum absolute atomic E-state index is 0.00303. The summed E-state index contributed by atoms with van der Waals surface area (Å²) in [6.07, 6.45) is 2.35. The molecule has 1 fully saturated rings. The van der Waals surface area contributed by atoms with Crippen molar-refractivity contribution in [1.29, 1.82) is 0 Å². The third-order valence-corrected chi connectivity index (χ3v) is 4.37. The molecule has 22 heavy (non-hydrogen) atoms. The van der Waals surface area contributed by atoms with E-state index in [4.69, 9.17) is 38.4 Å². The van der Waals surface area contributed by atoms with E-state index in [-0.39, 0.29) is 22.9 Å². The molecule has 0 atom stereocenters. The number of aromatic nitrogens is 2. The van der Waals surface area contributed by atoms with E-state index in [0.29, 0.717) is 19.4 Å². The molecule has 1 aromatic heterocycles. The number of carbonyl (C=O) groups excluding carboxylic acids is 2. The summed E-state index contributed by atoms with van der Waals surface area (Å²) in [5.74, 6) is -1.57. The molecule has 0 radical (unpaired) electrons. The molecule has 0 aliphatic heterocycles. The summed E-state index contributed by atoms with van der Waals surface area (Å²) >= 11 is 11.8. The molecule has 0 unspecified atom stereocenters. The number of ether oxygens (including phenoxy) is 2. The van der Waals surface area contributed by atoms with Crippen LogP contribution in [0.2, 0.25) is 10.3 Å². The first-order valence-electron chi connectivity index (χ1n) is 6.94. The molecule has 122 valence electrons. The van der Waals surface area contributed by atoms with E-state index >= 15 is 0 Å². The molecule has 0 spiro atoms. The number of nitrogens with two attached hydrogens (primary N) is 1. The summed E-state index contributed by atoms with van der Waals surface area (Å²) in [5.41, 5.74) is 4.11. The fourth-order valence-electron chi connectivity index (χ4n) is 2.43. The first kappa shape index (κ1) is 17.1. The van der Waals surface area contributed by atoms with Gasteiger partial charge in [0.25, 0.3) is 5.91 Å². The fourth-order valence-corrected chi connectivity index (χ4v) is 2.78.